The van der Waals surface area contributed by atoms with Gasteiger partial charge in [0.05, 0.1) is 22.2 Å². The summed E-state index contributed by atoms with van der Waals surface area (Å²) < 4.78 is 40.1. The van der Waals surface area contributed by atoms with Crippen LogP contribution >= 0.6 is 0 Å². The minimum absolute atomic E-state index is 0.0679. The van der Waals surface area contributed by atoms with Crippen molar-refractivity contribution in [3.63, 3.8) is 0 Å². The number of halogens is 3. The summed E-state index contributed by atoms with van der Waals surface area (Å²) in [5.41, 5.74) is -0.800. The second-order valence-electron chi connectivity index (χ2n) is 7.11. The summed E-state index contributed by atoms with van der Waals surface area (Å²) in [4.78, 5) is 0. The van der Waals surface area contributed by atoms with Crippen LogP contribution in [0.5, 0.6) is 5.75 Å². The third-order valence-electron chi connectivity index (χ3n) is 4.74. The van der Waals surface area contributed by atoms with Crippen LogP contribution in [0.1, 0.15) is 25.3 Å². The standard InChI is InChI=1S/C18H17F3N4O2/c1-17(27)8-11(9-17)22-15-13-3-2-6-25(13)16(24-23-15)12-5-4-10(7-14(12)26)18(19,20)21/h2-7,11,26-27H,8-9H2,1H3,(H,22,23). The number of aliphatic hydroxyl groups is 1. The lowest BCUT2D eigenvalue weighted by molar-refractivity contribution is -0.137. The Hall–Kier alpha value is -2.81. The molecule has 27 heavy (non-hydrogen) atoms. The Balaban J connectivity index is 1.70. The molecule has 6 nitrogen and oxygen atoms in total. The zero-order chi connectivity index (χ0) is 19.4. The van der Waals surface area contributed by atoms with Gasteiger partial charge in [-0.3, -0.25) is 4.40 Å². The molecule has 0 aliphatic heterocycles. The molecule has 142 valence electrons. The van der Waals surface area contributed by atoms with Crippen LogP contribution in [0.2, 0.25) is 0 Å². The summed E-state index contributed by atoms with van der Waals surface area (Å²) in [6.45, 7) is 1.76. The van der Waals surface area contributed by atoms with E-state index in [0.29, 0.717) is 30.2 Å². The first-order valence-electron chi connectivity index (χ1n) is 8.37. The molecule has 4 rings (SSSR count). The third kappa shape index (κ3) is 3.18. The first kappa shape index (κ1) is 17.6. The molecule has 0 unspecified atom stereocenters. The molecule has 1 aliphatic carbocycles. The molecule has 3 aromatic rings. The van der Waals surface area contributed by atoms with Gasteiger partial charge < -0.3 is 15.5 Å². The average Bonchev–Trinajstić information content (AvgIpc) is 3.03. The fourth-order valence-electron chi connectivity index (χ4n) is 3.44. The minimum atomic E-state index is -4.54. The highest BCUT2D eigenvalue weighted by molar-refractivity contribution is 5.74. The molecular formula is C18H17F3N4O2. The summed E-state index contributed by atoms with van der Waals surface area (Å²) in [6, 6.07) is 6.36. The Labute approximate surface area is 152 Å². The zero-order valence-electron chi connectivity index (χ0n) is 14.3. The number of benzene rings is 1. The van der Waals surface area contributed by atoms with E-state index in [1.165, 1.54) is 6.07 Å². The number of phenolic OH excluding ortho intramolecular Hbond substituents is 1. The molecule has 2 aromatic heterocycles. The van der Waals surface area contributed by atoms with Crippen molar-refractivity contribution >= 4 is 11.3 Å². The van der Waals surface area contributed by atoms with Crippen LogP contribution in [0.3, 0.4) is 0 Å². The summed E-state index contributed by atoms with van der Waals surface area (Å²) in [5, 5.41) is 31.4. The van der Waals surface area contributed by atoms with Crippen LogP contribution in [0.4, 0.5) is 19.0 Å². The molecule has 9 heteroatoms. The number of nitrogens with one attached hydrogen (secondary N) is 1. The number of anilines is 1. The molecule has 1 fully saturated rings. The van der Waals surface area contributed by atoms with Crippen molar-refractivity contribution in [3.8, 4) is 17.1 Å². The van der Waals surface area contributed by atoms with Gasteiger partial charge in [-0.25, -0.2) is 0 Å². The van der Waals surface area contributed by atoms with Crippen LogP contribution < -0.4 is 5.32 Å². The van der Waals surface area contributed by atoms with Gasteiger partial charge in [0.25, 0.3) is 0 Å². The second kappa shape index (κ2) is 5.85. The minimum Gasteiger partial charge on any atom is -0.507 e. The monoisotopic (exact) mass is 378 g/mol. The Morgan fingerprint density at radius 3 is 2.59 bits per heavy atom. The summed E-state index contributed by atoms with van der Waals surface area (Å²) in [7, 11) is 0. The van der Waals surface area contributed by atoms with Gasteiger partial charge in [0.1, 0.15) is 5.75 Å². The lowest BCUT2D eigenvalue weighted by Crippen LogP contribution is -2.48. The molecule has 0 saturated heterocycles. The molecule has 0 atom stereocenters. The summed E-state index contributed by atoms with van der Waals surface area (Å²) in [6.07, 6.45) is -1.67. The van der Waals surface area contributed by atoms with Crippen molar-refractivity contribution in [2.45, 2.75) is 37.6 Å². The second-order valence-corrected chi connectivity index (χ2v) is 7.11. The summed E-state index contributed by atoms with van der Waals surface area (Å²) >= 11 is 0. The van der Waals surface area contributed by atoms with Crippen LogP contribution in [-0.4, -0.2) is 36.5 Å². The normalized spacial score (nSPS) is 22.6. The number of nitrogens with zero attached hydrogens (tertiary/aromatic N) is 3. The van der Waals surface area contributed by atoms with Gasteiger partial charge in [0.2, 0.25) is 0 Å². The van der Waals surface area contributed by atoms with E-state index in [9.17, 15) is 23.4 Å². The van der Waals surface area contributed by atoms with E-state index in [1.54, 1.807) is 29.7 Å². The van der Waals surface area contributed by atoms with Crippen molar-refractivity contribution in [2.75, 3.05) is 5.32 Å². The zero-order valence-corrected chi connectivity index (χ0v) is 14.3. The van der Waals surface area contributed by atoms with Gasteiger partial charge in [-0.1, -0.05) is 0 Å². The molecule has 0 bridgehead atoms. The van der Waals surface area contributed by atoms with Crippen molar-refractivity contribution in [1.82, 2.24) is 14.6 Å². The third-order valence-corrected chi connectivity index (χ3v) is 4.74. The van der Waals surface area contributed by atoms with Crippen LogP contribution in [0.15, 0.2) is 36.5 Å². The molecular weight excluding hydrogens is 361 g/mol. The lowest BCUT2D eigenvalue weighted by Gasteiger charge is -2.41. The lowest BCUT2D eigenvalue weighted by atomic mass is 9.77. The topological polar surface area (TPSA) is 82.7 Å². The van der Waals surface area contributed by atoms with Crippen LogP contribution in [0.25, 0.3) is 16.9 Å². The molecule has 2 heterocycles. The number of rotatable bonds is 3. The maximum atomic E-state index is 12.8. The highest BCUT2D eigenvalue weighted by Crippen LogP contribution is 2.37. The predicted molar refractivity (Wildman–Crippen MR) is 92.4 cm³/mol. The molecule has 1 aromatic carbocycles. The number of hydrogen-bond donors (Lipinski definition) is 3. The predicted octanol–water partition coefficient (Wildman–Crippen LogP) is 3.45. The number of aromatic hydroxyl groups is 1. The highest BCUT2D eigenvalue weighted by atomic mass is 19.4. The Bertz CT molecular complexity index is 1010. The number of phenols is 1. The maximum Gasteiger partial charge on any atom is 0.416 e. The van der Waals surface area contributed by atoms with E-state index in [4.69, 9.17) is 0 Å². The van der Waals surface area contributed by atoms with Crippen molar-refractivity contribution in [2.24, 2.45) is 0 Å². The molecule has 0 amide bonds. The van der Waals surface area contributed by atoms with Crippen LogP contribution in [0, 0.1) is 0 Å². The number of alkyl halides is 3. The van der Waals surface area contributed by atoms with E-state index in [0.717, 1.165) is 6.07 Å². The highest BCUT2D eigenvalue weighted by Gasteiger charge is 2.38. The number of aromatic nitrogens is 3. The molecule has 1 aliphatic rings. The SMILES string of the molecule is CC1(O)CC(Nc2nnc(-c3ccc(C(F)(F)F)cc3O)n3cccc23)C1. The first-order chi connectivity index (χ1) is 12.6. The quantitative estimate of drug-likeness (QED) is 0.650. The summed E-state index contributed by atoms with van der Waals surface area (Å²) in [5.74, 6) is 0.216. The largest absolute Gasteiger partial charge is 0.507 e. The van der Waals surface area contributed by atoms with Gasteiger partial charge >= 0.3 is 6.18 Å². The Morgan fingerprint density at radius 1 is 1.22 bits per heavy atom. The average molecular weight is 378 g/mol. The molecule has 1 saturated carbocycles. The smallest absolute Gasteiger partial charge is 0.416 e. The van der Waals surface area contributed by atoms with Crippen LogP contribution in [-0.2, 0) is 6.18 Å². The fourth-order valence-corrected chi connectivity index (χ4v) is 3.44. The van der Waals surface area contributed by atoms with Crippen molar-refractivity contribution < 1.29 is 23.4 Å². The van der Waals surface area contributed by atoms with E-state index in [-0.39, 0.29) is 17.4 Å². The van der Waals surface area contributed by atoms with Crippen molar-refractivity contribution in [3.05, 3.63) is 42.1 Å². The number of fused-ring (bicyclic) bond motifs is 1. The van der Waals surface area contributed by atoms with E-state index >= 15 is 0 Å². The van der Waals surface area contributed by atoms with Gasteiger partial charge in [-0.15, -0.1) is 10.2 Å². The van der Waals surface area contributed by atoms with Gasteiger partial charge in [0.15, 0.2) is 11.6 Å². The van der Waals surface area contributed by atoms with E-state index < -0.39 is 23.1 Å². The fraction of sp³-hybridized carbons (Fsp3) is 0.333. The van der Waals surface area contributed by atoms with Crippen molar-refractivity contribution in [1.29, 1.82) is 0 Å². The van der Waals surface area contributed by atoms with E-state index in [1.807, 2.05) is 0 Å². The Kier molecular flexibility index (Phi) is 3.81. The van der Waals surface area contributed by atoms with Gasteiger partial charge in [-0.2, -0.15) is 13.2 Å². The molecule has 3 N–H and O–H groups in total. The van der Waals surface area contributed by atoms with Gasteiger partial charge in [0, 0.05) is 12.2 Å². The molecule has 0 radical (unpaired) electrons. The van der Waals surface area contributed by atoms with E-state index in [2.05, 4.69) is 15.5 Å². The first-order valence-corrected chi connectivity index (χ1v) is 8.37. The molecule has 0 spiro atoms. The maximum absolute atomic E-state index is 12.8. The van der Waals surface area contributed by atoms with Gasteiger partial charge in [-0.05, 0) is 50.1 Å². The number of hydrogen-bond acceptors (Lipinski definition) is 5. The Morgan fingerprint density at radius 2 is 1.96 bits per heavy atom.